The van der Waals surface area contributed by atoms with Crippen LogP contribution in [0.2, 0.25) is 0 Å². The highest BCUT2D eigenvalue weighted by Crippen LogP contribution is 2.27. The molecule has 0 fully saturated rings. The minimum absolute atomic E-state index is 0.0102. The summed E-state index contributed by atoms with van der Waals surface area (Å²) in [6.07, 6.45) is 0.370. The van der Waals surface area contributed by atoms with E-state index < -0.39 is 0 Å². The van der Waals surface area contributed by atoms with E-state index >= 15 is 0 Å². The van der Waals surface area contributed by atoms with Crippen molar-refractivity contribution in [1.82, 2.24) is 10.1 Å². The summed E-state index contributed by atoms with van der Waals surface area (Å²) >= 11 is 0. The van der Waals surface area contributed by atoms with Crippen molar-refractivity contribution in [3.8, 4) is 17.2 Å². The number of nitrogens with zero attached hydrogens (tertiary/aromatic N) is 2. The molecule has 0 saturated heterocycles. The first-order valence-corrected chi connectivity index (χ1v) is 5.12. The Morgan fingerprint density at radius 3 is 2.94 bits per heavy atom. The molecule has 6 nitrogen and oxygen atoms in total. The lowest BCUT2D eigenvalue weighted by molar-refractivity contribution is 0.293. The molecule has 3 N–H and O–H groups in total. The molecule has 0 atom stereocenters. The number of nitrogen functional groups attached to an aromatic ring is 1. The number of ether oxygens (including phenoxy) is 1. The molecule has 1 aromatic heterocycles. The van der Waals surface area contributed by atoms with E-state index in [1.165, 1.54) is 0 Å². The molecule has 0 spiro atoms. The number of methoxy groups -OCH3 is 1. The van der Waals surface area contributed by atoms with Crippen molar-refractivity contribution in [2.24, 2.45) is 0 Å². The van der Waals surface area contributed by atoms with Gasteiger partial charge in [0.05, 0.1) is 19.4 Å². The third-order valence-electron chi connectivity index (χ3n) is 2.28. The number of aliphatic hydroxyl groups excluding tert-OH is 1. The van der Waals surface area contributed by atoms with Gasteiger partial charge in [-0.1, -0.05) is 5.16 Å². The lowest BCUT2D eigenvalue weighted by atomic mass is 10.2. The van der Waals surface area contributed by atoms with E-state index in [1.807, 2.05) is 0 Å². The topological polar surface area (TPSA) is 94.4 Å². The predicted molar refractivity (Wildman–Crippen MR) is 61.5 cm³/mol. The number of rotatable bonds is 4. The SMILES string of the molecule is COc1ccc(-c2nc(CCO)no2)cc1N. The first-order valence-electron chi connectivity index (χ1n) is 5.12. The van der Waals surface area contributed by atoms with Gasteiger partial charge < -0.3 is 20.1 Å². The van der Waals surface area contributed by atoms with Gasteiger partial charge in [0.15, 0.2) is 5.82 Å². The normalized spacial score (nSPS) is 10.5. The van der Waals surface area contributed by atoms with Crippen molar-refractivity contribution < 1.29 is 14.4 Å². The highest BCUT2D eigenvalue weighted by molar-refractivity contribution is 5.65. The summed E-state index contributed by atoms with van der Waals surface area (Å²) in [4.78, 5) is 4.13. The van der Waals surface area contributed by atoms with Gasteiger partial charge in [0, 0.05) is 12.0 Å². The van der Waals surface area contributed by atoms with Crippen molar-refractivity contribution in [2.75, 3.05) is 19.5 Å². The Morgan fingerprint density at radius 2 is 2.29 bits per heavy atom. The molecule has 2 aromatic rings. The van der Waals surface area contributed by atoms with Crippen molar-refractivity contribution in [2.45, 2.75) is 6.42 Å². The van der Waals surface area contributed by atoms with Gasteiger partial charge in [0.2, 0.25) is 0 Å². The van der Waals surface area contributed by atoms with Crippen LogP contribution in [0.25, 0.3) is 11.5 Å². The molecule has 0 unspecified atom stereocenters. The number of aliphatic hydroxyl groups is 1. The number of hydrogen-bond acceptors (Lipinski definition) is 6. The Hall–Kier alpha value is -2.08. The highest BCUT2D eigenvalue weighted by atomic mass is 16.5. The summed E-state index contributed by atoms with van der Waals surface area (Å²) in [5.41, 5.74) is 7.01. The summed E-state index contributed by atoms with van der Waals surface area (Å²) in [5.74, 6) is 1.45. The standard InChI is InChI=1S/C11H13N3O3/c1-16-9-3-2-7(6-8(9)12)11-13-10(4-5-15)14-17-11/h2-3,6,15H,4-5,12H2,1H3. The van der Waals surface area contributed by atoms with E-state index in [-0.39, 0.29) is 6.61 Å². The quantitative estimate of drug-likeness (QED) is 0.763. The number of hydrogen-bond donors (Lipinski definition) is 2. The zero-order chi connectivity index (χ0) is 12.3. The molecule has 6 heteroatoms. The average Bonchev–Trinajstić information content (AvgIpc) is 2.78. The first kappa shape index (κ1) is 11.4. The van der Waals surface area contributed by atoms with E-state index in [0.29, 0.717) is 29.6 Å². The summed E-state index contributed by atoms with van der Waals surface area (Å²) in [6.45, 7) is -0.0102. The van der Waals surface area contributed by atoms with Gasteiger partial charge in [-0.25, -0.2) is 0 Å². The molecule has 0 saturated carbocycles. The minimum atomic E-state index is -0.0102. The summed E-state index contributed by atoms with van der Waals surface area (Å²) in [5, 5.41) is 12.5. The van der Waals surface area contributed by atoms with Crippen molar-refractivity contribution in [3.05, 3.63) is 24.0 Å². The predicted octanol–water partition coefficient (Wildman–Crippen LogP) is 0.862. The zero-order valence-corrected chi connectivity index (χ0v) is 9.38. The number of aromatic nitrogens is 2. The zero-order valence-electron chi connectivity index (χ0n) is 9.38. The Labute approximate surface area is 98.0 Å². The molecule has 90 valence electrons. The smallest absolute Gasteiger partial charge is 0.258 e. The number of benzene rings is 1. The fourth-order valence-corrected chi connectivity index (χ4v) is 1.44. The van der Waals surface area contributed by atoms with Crippen LogP contribution in [0.3, 0.4) is 0 Å². The second-order valence-electron chi connectivity index (χ2n) is 3.45. The van der Waals surface area contributed by atoms with Gasteiger partial charge in [0.25, 0.3) is 5.89 Å². The van der Waals surface area contributed by atoms with Crippen LogP contribution in [0, 0.1) is 0 Å². The Morgan fingerprint density at radius 1 is 1.47 bits per heavy atom. The maximum absolute atomic E-state index is 8.75. The molecule has 0 bridgehead atoms. The largest absolute Gasteiger partial charge is 0.495 e. The van der Waals surface area contributed by atoms with E-state index in [0.717, 1.165) is 5.56 Å². The van der Waals surface area contributed by atoms with Crippen molar-refractivity contribution in [3.63, 3.8) is 0 Å². The van der Waals surface area contributed by atoms with Gasteiger partial charge in [-0.15, -0.1) is 0 Å². The molecule has 17 heavy (non-hydrogen) atoms. The maximum atomic E-state index is 8.75. The van der Waals surface area contributed by atoms with Crippen LogP contribution in [0.4, 0.5) is 5.69 Å². The van der Waals surface area contributed by atoms with Crippen LogP contribution in [0.15, 0.2) is 22.7 Å². The molecular formula is C11H13N3O3. The fourth-order valence-electron chi connectivity index (χ4n) is 1.44. The van der Waals surface area contributed by atoms with Gasteiger partial charge in [-0.05, 0) is 18.2 Å². The van der Waals surface area contributed by atoms with E-state index in [2.05, 4.69) is 10.1 Å². The molecule has 0 aliphatic carbocycles. The van der Waals surface area contributed by atoms with Gasteiger partial charge in [-0.3, -0.25) is 0 Å². The summed E-state index contributed by atoms with van der Waals surface area (Å²) < 4.78 is 10.1. The third-order valence-corrected chi connectivity index (χ3v) is 2.28. The average molecular weight is 235 g/mol. The number of nitrogens with two attached hydrogens (primary N) is 1. The van der Waals surface area contributed by atoms with Crippen LogP contribution in [0.1, 0.15) is 5.82 Å². The second-order valence-corrected chi connectivity index (χ2v) is 3.45. The molecular weight excluding hydrogens is 222 g/mol. The molecule has 0 radical (unpaired) electrons. The van der Waals surface area contributed by atoms with Crippen LogP contribution < -0.4 is 10.5 Å². The van der Waals surface area contributed by atoms with Crippen LogP contribution >= 0.6 is 0 Å². The summed E-state index contributed by atoms with van der Waals surface area (Å²) in [6, 6.07) is 5.22. The lowest BCUT2D eigenvalue weighted by Crippen LogP contribution is -1.93. The van der Waals surface area contributed by atoms with Gasteiger partial charge in [-0.2, -0.15) is 4.98 Å². The number of anilines is 1. The molecule has 0 amide bonds. The van der Waals surface area contributed by atoms with E-state index in [4.69, 9.17) is 20.1 Å². The Balaban J connectivity index is 2.29. The minimum Gasteiger partial charge on any atom is -0.495 e. The second kappa shape index (κ2) is 4.84. The van der Waals surface area contributed by atoms with Gasteiger partial charge in [0.1, 0.15) is 5.75 Å². The van der Waals surface area contributed by atoms with E-state index in [9.17, 15) is 0 Å². The Bertz CT molecular complexity index is 510. The van der Waals surface area contributed by atoms with Crippen LogP contribution in [0.5, 0.6) is 5.75 Å². The fraction of sp³-hybridized carbons (Fsp3) is 0.273. The first-order chi connectivity index (χ1) is 8.24. The van der Waals surface area contributed by atoms with E-state index in [1.54, 1.807) is 25.3 Å². The van der Waals surface area contributed by atoms with Crippen LogP contribution in [-0.2, 0) is 6.42 Å². The molecule has 0 aliphatic heterocycles. The Kier molecular flexibility index (Phi) is 3.24. The van der Waals surface area contributed by atoms with Crippen LogP contribution in [-0.4, -0.2) is 29.0 Å². The summed E-state index contributed by atoms with van der Waals surface area (Å²) in [7, 11) is 1.55. The molecule has 1 aromatic carbocycles. The van der Waals surface area contributed by atoms with Gasteiger partial charge >= 0.3 is 0 Å². The molecule has 2 rings (SSSR count). The highest BCUT2D eigenvalue weighted by Gasteiger charge is 2.10. The monoisotopic (exact) mass is 235 g/mol. The lowest BCUT2D eigenvalue weighted by Gasteiger charge is -2.04. The maximum Gasteiger partial charge on any atom is 0.258 e. The molecule has 0 aliphatic rings. The van der Waals surface area contributed by atoms with Crippen molar-refractivity contribution in [1.29, 1.82) is 0 Å². The van der Waals surface area contributed by atoms with Crippen molar-refractivity contribution >= 4 is 5.69 Å². The molecule has 1 heterocycles. The third kappa shape index (κ3) is 2.36.